The summed E-state index contributed by atoms with van der Waals surface area (Å²) in [6.45, 7) is 5.77. The molecule has 4 aromatic rings. The predicted octanol–water partition coefficient (Wildman–Crippen LogP) is 3.22. The van der Waals surface area contributed by atoms with Crippen LogP contribution in [0.5, 0.6) is 0 Å². The average Bonchev–Trinajstić information content (AvgIpc) is 3.35. The summed E-state index contributed by atoms with van der Waals surface area (Å²) in [4.78, 5) is 9.26. The van der Waals surface area contributed by atoms with Crippen LogP contribution in [0, 0.1) is 0 Å². The second-order valence-electron chi connectivity index (χ2n) is 7.44. The van der Waals surface area contributed by atoms with E-state index in [-0.39, 0.29) is 5.92 Å². The molecule has 0 bridgehead atoms. The van der Waals surface area contributed by atoms with Crippen molar-refractivity contribution in [2.24, 2.45) is 5.10 Å². The van der Waals surface area contributed by atoms with Gasteiger partial charge in [-0.3, -0.25) is 9.99 Å². The van der Waals surface area contributed by atoms with Crippen LogP contribution in [0.2, 0.25) is 0 Å². The molecule has 0 fully saturated rings. The fraction of sp³-hybridized carbons (Fsp3) is 0.286. The number of hydrazone groups is 1. The van der Waals surface area contributed by atoms with Crippen molar-refractivity contribution in [2.45, 2.75) is 32.4 Å². The van der Waals surface area contributed by atoms with Crippen LogP contribution in [0.3, 0.4) is 0 Å². The zero-order valence-corrected chi connectivity index (χ0v) is 15.9. The van der Waals surface area contributed by atoms with Crippen LogP contribution in [-0.2, 0) is 6.54 Å². The Balaban J connectivity index is 1.45. The highest BCUT2D eigenvalue weighted by atomic mass is 15.5. The minimum Gasteiger partial charge on any atom is -0.294 e. The van der Waals surface area contributed by atoms with Crippen LogP contribution in [0.4, 0.5) is 0 Å². The molecule has 5 rings (SSSR count). The minimum atomic E-state index is 0.196. The van der Waals surface area contributed by atoms with E-state index in [9.17, 15) is 0 Å². The smallest absolute Gasteiger partial charge is 0.179 e. The van der Waals surface area contributed by atoms with Gasteiger partial charge >= 0.3 is 0 Å². The summed E-state index contributed by atoms with van der Waals surface area (Å²) in [6, 6.07) is 14.7. The maximum absolute atomic E-state index is 4.88. The van der Waals surface area contributed by atoms with E-state index in [4.69, 9.17) is 4.98 Å². The van der Waals surface area contributed by atoms with Gasteiger partial charge in [-0.1, -0.05) is 17.3 Å². The first-order chi connectivity index (χ1) is 13.7. The van der Waals surface area contributed by atoms with E-state index in [0.29, 0.717) is 12.6 Å². The highest BCUT2D eigenvalue weighted by molar-refractivity contribution is 5.79. The molecule has 3 aromatic heterocycles. The lowest BCUT2D eigenvalue weighted by molar-refractivity contribution is 0.250. The van der Waals surface area contributed by atoms with Crippen molar-refractivity contribution >= 4 is 28.3 Å². The van der Waals surface area contributed by atoms with Crippen LogP contribution < -0.4 is 0 Å². The molecule has 0 radical (unpaired) electrons. The number of hydrogen-bond acceptors (Lipinski definition) is 6. The molecule has 1 aliphatic rings. The molecule has 28 heavy (non-hydrogen) atoms. The Morgan fingerprint density at radius 1 is 1.11 bits per heavy atom. The minimum absolute atomic E-state index is 0.196. The summed E-state index contributed by atoms with van der Waals surface area (Å²) in [6.07, 6.45) is 3.80. The molecular weight excluding hydrogens is 350 g/mol. The Bertz CT molecular complexity index is 1180. The fourth-order valence-electron chi connectivity index (χ4n) is 3.55. The quantitative estimate of drug-likeness (QED) is 0.551. The summed E-state index contributed by atoms with van der Waals surface area (Å²) < 4.78 is 1.86. The third kappa shape index (κ3) is 2.98. The SMILES string of the molecule is CC(C)N1CC(c2ccc3nnn(Cc4ccc5ncccc5c4)c3n2)C=N1. The van der Waals surface area contributed by atoms with Gasteiger partial charge in [0.05, 0.1) is 23.7 Å². The third-order valence-corrected chi connectivity index (χ3v) is 5.14. The molecule has 4 heterocycles. The van der Waals surface area contributed by atoms with Crippen molar-refractivity contribution in [1.82, 2.24) is 30.0 Å². The van der Waals surface area contributed by atoms with Crippen molar-refractivity contribution in [2.75, 3.05) is 6.54 Å². The topological polar surface area (TPSA) is 72.1 Å². The van der Waals surface area contributed by atoms with E-state index in [0.717, 1.165) is 39.9 Å². The molecule has 0 N–H and O–H groups in total. The summed E-state index contributed by atoms with van der Waals surface area (Å²) in [7, 11) is 0. The Morgan fingerprint density at radius 2 is 2.00 bits per heavy atom. The van der Waals surface area contributed by atoms with Crippen molar-refractivity contribution in [1.29, 1.82) is 0 Å². The molecule has 140 valence electrons. The lowest BCUT2D eigenvalue weighted by atomic mass is 10.1. The highest BCUT2D eigenvalue weighted by Crippen LogP contribution is 2.23. The second-order valence-corrected chi connectivity index (χ2v) is 7.44. The number of benzene rings is 1. The summed E-state index contributed by atoms with van der Waals surface area (Å²) >= 11 is 0. The van der Waals surface area contributed by atoms with Gasteiger partial charge in [-0.25, -0.2) is 9.67 Å². The Hall–Kier alpha value is -3.35. The van der Waals surface area contributed by atoms with Crippen LogP contribution in [0.15, 0.2) is 53.8 Å². The van der Waals surface area contributed by atoms with Gasteiger partial charge in [0.25, 0.3) is 0 Å². The van der Waals surface area contributed by atoms with Gasteiger partial charge in [0.1, 0.15) is 5.52 Å². The molecule has 1 atom stereocenters. The maximum Gasteiger partial charge on any atom is 0.179 e. The van der Waals surface area contributed by atoms with Crippen molar-refractivity contribution in [3.8, 4) is 0 Å². The summed E-state index contributed by atoms with van der Waals surface area (Å²) in [5.41, 5.74) is 4.76. The highest BCUT2D eigenvalue weighted by Gasteiger charge is 2.23. The Kier molecular flexibility index (Phi) is 4.00. The van der Waals surface area contributed by atoms with E-state index in [1.807, 2.05) is 41.4 Å². The van der Waals surface area contributed by atoms with E-state index in [1.54, 1.807) is 0 Å². The van der Waals surface area contributed by atoms with Crippen LogP contribution in [-0.4, -0.2) is 48.8 Å². The van der Waals surface area contributed by atoms with Crippen molar-refractivity contribution in [3.05, 3.63) is 59.9 Å². The van der Waals surface area contributed by atoms with E-state index < -0.39 is 0 Å². The van der Waals surface area contributed by atoms with Gasteiger partial charge in [0.15, 0.2) is 5.65 Å². The first kappa shape index (κ1) is 16.8. The fourth-order valence-corrected chi connectivity index (χ4v) is 3.55. The number of hydrogen-bond donors (Lipinski definition) is 0. The standard InChI is InChI=1S/C21H21N7/c1-14(2)27-13-17(11-23-27)19-7-8-20-21(24-19)28(26-25-20)12-15-5-6-18-16(10-15)4-3-9-22-18/h3-11,14,17H,12-13H2,1-2H3. The summed E-state index contributed by atoms with van der Waals surface area (Å²) in [5.74, 6) is 0.196. The Labute approximate surface area is 162 Å². The average molecular weight is 371 g/mol. The molecule has 0 saturated heterocycles. The van der Waals surface area contributed by atoms with Crippen LogP contribution >= 0.6 is 0 Å². The van der Waals surface area contributed by atoms with Crippen molar-refractivity contribution in [3.63, 3.8) is 0 Å². The first-order valence-corrected chi connectivity index (χ1v) is 9.52. The van der Waals surface area contributed by atoms with E-state index >= 15 is 0 Å². The molecule has 0 amide bonds. The molecule has 1 aromatic carbocycles. The number of pyridine rings is 2. The molecule has 0 saturated carbocycles. The molecular formula is C21H21N7. The van der Waals surface area contributed by atoms with E-state index in [2.05, 4.69) is 57.5 Å². The zero-order valence-electron chi connectivity index (χ0n) is 15.9. The summed E-state index contributed by atoms with van der Waals surface area (Å²) in [5, 5.41) is 16.3. The number of fused-ring (bicyclic) bond motifs is 2. The lowest BCUT2D eigenvalue weighted by Gasteiger charge is -2.19. The monoisotopic (exact) mass is 371 g/mol. The molecule has 0 spiro atoms. The van der Waals surface area contributed by atoms with Gasteiger partial charge in [-0.2, -0.15) is 5.10 Å². The lowest BCUT2D eigenvalue weighted by Crippen LogP contribution is -2.25. The molecule has 7 nitrogen and oxygen atoms in total. The van der Waals surface area contributed by atoms with Crippen LogP contribution in [0.1, 0.15) is 31.0 Å². The molecule has 7 heteroatoms. The van der Waals surface area contributed by atoms with Gasteiger partial charge < -0.3 is 0 Å². The second kappa shape index (κ2) is 6.67. The predicted molar refractivity (Wildman–Crippen MR) is 109 cm³/mol. The molecule has 1 unspecified atom stereocenters. The Morgan fingerprint density at radius 3 is 2.86 bits per heavy atom. The van der Waals surface area contributed by atoms with Gasteiger partial charge in [0, 0.05) is 30.4 Å². The first-order valence-electron chi connectivity index (χ1n) is 9.52. The molecule has 0 aliphatic carbocycles. The zero-order chi connectivity index (χ0) is 19.1. The molecule has 1 aliphatic heterocycles. The number of aromatic nitrogens is 5. The third-order valence-electron chi connectivity index (χ3n) is 5.14. The number of nitrogens with zero attached hydrogens (tertiary/aromatic N) is 7. The van der Waals surface area contributed by atoms with Gasteiger partial charge in [-0.15, -0.1) is 5.10 Å². The van der Waals surface area contributed by atoms with Gasteiger partial charge in [0.2, 0.25) is 0 Å². The largest absolute Gasteiger partial charge is 0.294 e. The maximum atomic E-state index is 4.88. The van der Waals surface area contributed by atoms with Gasteiger partial charge in [-0.05, 0) is 49.7 Å². The van der Waals surface area contributed by atoms with Crippen molar-refractivity contribution < 1.29 is 0 Å². The number of rotatable bonds is 4. The normalized spacial score (nSPS) is 16.7. The van der Waals surface area contributed by atoms with Crippen LogP contribution in [0.25, 0.3) is 22.1 Å². The van der Waals surface area contributed by atoms with E-state index in [1.165, 1.54) is 0 Å².